The quantitative estimate of drug-likeness (QED) is 0.783. The Kier molecular flexibility index (Phi) is 5.53. The minimum Gasteiger partial charge on any atom is -0.497 e. The van der Waals surface area contributed by atoms with E-state index in [9.17, 15) is 14.7 Å². The molecule has 0 spiro atoms. The molecule has 0 fully saturated rings. The highest BCUT2D eigenvalue weighted by atomic mass is 35.5. The molecule has 0 aromatic heterocycles. The highest BCUT2D eigenvalue weighted by Crippen LogP contribution is 2.44. The lowest BCUT2D eigenvalue weighted by atomic mass is 9.89. The Morgan fingerprint density at radius 3 is 2.56 bits per heavy atom. The monoisotopic (exact) mass is 387 g/mol. The number of anilines is 1. The van der Waals surface area contributed by atoms with Crippen molar-refractivity contribution in [3.63, 3.8) is 0 Å². The molecular weight excluding hydrogens is 366 g/mol. The molecule has 6 heteroatoms. The third-order valence-corrected chi connectivity index (χ3v) is 5.01. The number of nitrogens with zero attached hydrogens (tertiary/aromatic N) is 1. The first-order valence-corrected chi connectivity index (χ1v) is 9.26. The van der Waals surface area contributed by atoms with E-state index in [1.54, 1.807) is 25.3 Å². The van der Waals surface area contributed by atoms with E-state index >= 15 is 0 Å². The predicted octanol–water partition coefficient (Wildman–Crippen LogP) is 3.84. The van der Waals surface area contributed by atoms with E-state index in [2.05, 4.69) is 0 Å². The molecule has 5 nitrogen and oxygen atoms in total. The number of carbonyl (C=O) groups excluding carboxylic acids is 2. The molecule has 1 heterocycles. The van der Waals surface area contributed by atoms with Crippen LogP contribution in [0.2, 0.25) is 5.02 Å². The largest absolute Gasteiger partial charge is 0.497 e. The van der Waals surface area contributed by atoms with Crippen LogP contribution in [-0.4, -0.2) is 23.9 Å². The summed E-state index contributed by atoms with van der Waals surface area (Å²) in [4.78, 5) is 26.8. The van der Waals surface area contributed by atoms with Gasteiger partial charge in [-0.1, -0.05) is 36.7 Å². The van der Waals surface area contributed by atoms with Gasteiger partial charge in [0.2, 0.25) is 0 Å². The van der Waals surface area contributed by atoms with Crippen LogP contribution in [0, 0.1) is 0 Å². The summed E-state index contributed by atoms with van der Waals surface area (Å²) in [6, 6.07) is 12.2. The zero-order valence-corrected chi connectivity index (χ0v) is 16.1. The van der Waals surface area contributed by atoms with Crippen molar-refractivity contribution in [1.82, 2.24) is 0 Å². The summed E-state index contributed by atoms with van der Waals surface area (Å²) in [6.45, 7) is 2.16. The summed E-state index contributed by atoms with van der Waals surface area (Å²) in [6.07, 6.45) is 0.774. The van der Waals surface area contributed by atoms with Gasteiger partial charge < -0.3 is 14.7 Å². The Morgan fingerprint density at radius 2 is 1.93 bits per heavy atom. The number of methoxy groups -OCH3 is 1. The van der Waals surface area contributed by atoms with Gasteiger partial charge in [0.15, 0.2) is 5.60 Å². The van der Waals surface area contributed by atoms with E-state index < -0.39 is 11.5 Å². The molecule has 1 aliphatic heterocycles. The molecule has 1 atom stereocenters. The summed E-state index contributed by atoms with van der Waals surface area (Å²) in [5, 5.41) is 11.6. The van der Waals surface area contributed by atoms with Gasteiger partial charge in [0.25, 0.3) is 5.91 Å². The molecule has 1 N–H and O–H groups in total. The number of rotatable bonds is 7. The molecule has 0 saturated heterocycles. The molecule has 2 aromatic rings. The highest BCUT2D eigenvalue weighted by Gasteiger charge is 2.50. The van der Waals surface area contributed by atoms with Gasteiger partial charge >= 0.3 is 0 Å². The fourth-order valence-corrected chi connectivity index (χ4v) is 3.59. The van der Waals surface area contributed by atoms with Crippen LogP contribution in [0.4, 0.5) is 5.69 Å². The number of halogens is 1. The Balaban J connectivity index is 1.96. The van der Waals surface area contributed by atoms with Gasteiger partial charge in [-0.2, -0.15) is 0 Å². The smallest absolute Gasteiger partial charge is 0.264 e. The lowest BCUT2D eigenvalue weighted by Crippen LogP contribution is -2.41. The van der Waals surface area contributed by atoms with Gasteiger partial charge in [-0.05, 0) is 36.2 Å². The molecule has 142 valence electrons. The number of ether oxygens (including phenoxy) is 1. The number of aliphatic hydroxyl groups is 1. The summed E-state index contributed by atoms with van der Waals surface area (Å²) in [5.74, 6) is 0.0807. The third-order valence-electron chi connectivity index (χ3n) is 4.78. The second-order valence-electron chi connectivity index (χ2n) is 6.73. The molecule has 1 aliphatic rings. The molecule has 0 aliphatic carbocycles. The maximum Gasteiger partial charge on any atom is 0.264 e. The number of fused-ring (bicyclic) bond motifs is 1. The SMILES string of the molecule is CCCC(=O)CC1(O)C(=O)N(Cc2ccc(OC)cc2)c2cc(Cl)ccc21. The first kappa shape index (κ1) is 19.4. The van der Waals surface area contributed by atoms with Crippen molar-refractivity contribution in [3.05, 3.63) is 58.6 Å². The Hall–Kier alpha value is -2.37. The van der Waals surface area contributed by atoms with Gasteiger partial charge in [-0.25, -0.2) is 0 Å². The normalized spacial score (nSPS) is 18.5. The maximum absolute atomic E-state index is 13.1. The van der Waals surface area contributed by atoms with Crippen molar-refractivity contribution in [2.24, 2.45) is 0 Å². The van der Waals surface area contributed by atoms with Crippen LogP contribution in [0.1, 0.15) is 37.3 Å². The van der Waals surface area contributed by atoms with Gasteiger partial charge in [-0.15, -0.1) is 0 Å². The fourth-order valence-electron chi connectivity index (χ4n) is 3.42. The van der Waals surface area contributed by atoms with E-state index in [0.29, 0.717) is 29.1 Å². The van der Waals surface area contributed by atoms with Crippen LogP contribution in [0.25, 0.3) is 0 Å². The van der Waals surface area contributed by atoms with Crippen LogP contribution < -0.4 is 9.64 Å². The number of hydrogen-bond donors (Lipinski definition) is 1. The average molecular weight is 388 g/mol. The van der Waals surface area contributed by atoms with Crippen molar-refractivity contribution >= 4 is 29.0 Å². The topological polar surface area (TPSA) is 66.8 Å². The van der Waals surface area contributed by atoms with E-state index in [1.807, 2.05) is 31.2 Å². The standard InChI is InChI=1S/C21H22ClNO4/c1-3-4-16(24)12-21(26)18-10-7-15(22)11-19(18)23(20(21)25)13-14-5-8-17(27-2)9-6-14/h5-11,26H,3-4,12-13H2,1-2H3. The van der Waals surface area contributed by atoms with Crippen LogP contribution in [-0.2, 0) is 21.7 Å². The molecule has 0 radical (unpaired) electrons. The maximum atomic E-state index is 13.1. The minimum atomic E-state index is -1.85. The molecule has 27 heavy (non-hydrogen) atoms. The number of ketones is 1. The fraction of sp³-hybridized carbons (Fsp3) is 0.333. The molecule has 1 unspecified atom stereocenters. The zero-order chi connectivity index (χ0) is 19.6. The van der Waals surface area contributed by atoms with Crippen LogP contribution in [0.3, 0.4) is 0 Å². The minimum absolute atomic E-state index is 0.138. The van der Waals surface area contributed by atoms with Crippen molar-refractivity contribution in [2.45, 2.75) is 38.3 Å². The first-order valence-electron chi connectivity index (χ1n) is 8.88. The van der Waals surface area contributed by atoms with E-state index in [0.717, 1.165) is 11.3 Å². The van der Waals surface area contributed by atoms with Crippen LogP contribution in [0.15, 0.2) is 42.5 Å². The van der Waals surface area contributed by atoms with Crippen molar-refractivity contribution in [3.8, 4) is 5.75 Å². The number of amides is 1. The lowest BCUT2D eigenvalue weighted by molar-refractivity contribution is -0.142. The molecule has 0 saturated carbocycles. The second-order valence-corrected chi connectivity index (χ2v) is 7.16. The Labute approximate surface area is 163 Å². The Morgan fingerprint density at radius 1 is 1.22 bits per heavy atom. The number of carbonyl (C=O) groups is 2. The van der Waals surface area contributed by atoms with Crippen molar-refractivity contribution in [1.29, 1.82) is 0 Å². The number of hydrogen-bond acceptors (Lipinski definition) is 4. The van der Waals surface area contributed by atoms with E-state index in [1.165, 1.54) is 4.90 Å². The lowest BCUT2D eigenvalue weighted by Gasteiger charge is -2.23. The zero-order valence-electron chi connectivity index (χ0n) is 15.4. The van der Waals surface area contributed by atoms with Crippen LogP contribution in [0.5, 0.6) is 5.75 Å². The average Bonchev–Trinajstić information content (AvgIpc) is 2.84. The van der Waals surface area contributed by atoms with Gasteiger partial charge in [0, 0.05) is 23.4 Å². The predicted molar refractivity (Wildman–Crippen MR) is 104 cm³/mol. The number of Topliss-reactive ketones (excluding diaryl/α,β-unsaturated/α-hetero) is 1. The molecule has 1 amide bonds. The summed E-state index contributed by atoms with van der Waals surface area (Å²) < 4.78 is 5.16. The Bertz CT molecular complexity index is 865. The summed E-state index contributed by atoms with van der Waals surface area (Å²) in [7, 11) is 1.59. The van der Waals surface area contributed by atoms with Gasteiger partial charge in [0.05, 0.1) is 19.3 Å². The van der Waals surface area contributed by atoms with E-state index in [-0.39, 0.29) is 18.7 Å². The molecule has 2 aromatic carbocycles. The highest BCUT2D eigenvalue weighted by molar-refractivity contribution is 6.31. The van der Waals surface area contributed by atoms with Crippen molar-refractivity contribution < 1.29 is 19.4 Å². The number of benzene rings is 2. The second kappa shape index (κ2) is 7.71. The van der Waals surface area contributed by atoms with E-state index in [4.69, 9.17) is 16.3 Å². The van der Waals surface area contributed by atoms with Crippen LogP contribution >= 0.6 is 11.6 Å². The molecular formula is C21H22ClNO4. The third kappa shape index (κ3) is 3.70. The first-order chi connectivity index (χ1) is 12.9. The summed E-state index contributed by atoms with van der Waals surface area (Å²) >= 11 is 6.12. The molecule has 3 rings (SSSR count). The summed E-state index contributed by atoms with van der Waals surface area (Å²) in [5.41, 5.74) is -0.0114. The van der Waals surface area contributed by atoms with Gasteiger partial charge in [0.1, 0.15) is 11.5 Å². The molecule has 0 bridgehead atoms. The van der Waals surface area contributed by atoms with Gasteiger partial charge in [-0.3, -0.25) is 9.59 Å². The van der Waals surface area contributed by atoms with Crippen molar-refractivity contribution in [2.75, 3.05) is 12.0 Å².